The third-order valence-corrected chi connectivity index (χ3v) is 3.41. The summed E-state index contributed by atoms with van der Waals surface area (Å²) in [5, 5.41) is 10.6. The van der Waals surface area contributed by atoms with E-state index in [1.165, 1.54) is 5.56 Å². The Morgan fingerprint density at radius 1 is 1.05 bits per heavy atom. The van der Waals surface area contributed by atoms with E-state index in [0.717, 1.165) is 12.0 Å². The summed E-state index contributed by atoms with van der Waals surface area (Å²) in [6.07, 6.45) is 0.210. The lowest BCUT2D eigenvalue weighted by Crippen LogP contribution is -2.03. The van der Waals surface area contributed by atoms with Crippen molar-refractivity contribution in [1.82, 2.24) is 0 Å². The Bertz CT molecular complexity index is 578. The van der Waals surface area contributed by atoms with E-state index in [1.54, 1.807) is 20.3 Å². The normalized spacial score (nSPS) is 12.0. The van der Waals surface area contributed by atoms with Gasteiger partial charge in [0.25, 0.3) is 0 Å². The zero-order valence-corrected chi connectivity index (χ0v) is 12.1. The molecule has 0 aromatic heterocycles. The van der Waals surface area contributed by atoms with Crippen molar-refractivity contribution in [2.45, 2.75) is 19.4 Å². The van der Waals surface area contributed by atoms with Gasteiger partial charge in [0.2, 0.25) is 0 Å². The maximum absolute atomic E-state index is 10.6. The molecule has 2 aromatic rings. The Hall–Kier alpha value is -2.00. The molecule has 0 amide bonds. The molecule has 0 spiro atoms. The maximum atomic E-state index is 10.6. The Kier molecular flexibility index (Phi) is 4.64. The first-order valence-corrected chi connectivity index (χ1v) is 6.68. The second-order valence-corrected chi connectivity index (χ2v) is 4.61. The summed E-state index contributed by atoms with van der Waals surface area (Å²) < 4.78 is 10.5. The first-order valence-electron chi connectivity index (χ1n) is 6.68. The lowest BCUT2D eigenvalue weighted by molar-refractivity contribution is 0.214. The summed E-state index contributed by atoms with van der Waals surface area (Å²) in [6.45, 7) is 2.09. The molecule has 1 atom stereocenters. The highest BCUT2D eigenvalue weighted by Crippen LogP contribution is 2.33. The SMILES string of the molecule is CCc1cccc(C(O)c2cc(OC)ccc2OC)c1. The van der Waals surface area contributed by atoms with E-state index in [4.69, 9.17) is 9.47 Å². The number of methoxy groups -OCH3 is 2. The average Bonchev–Trinajstić information content (AvgIpc) is 2.53. The quantitative estimate of drug-likeness (QED) is 0.907. The van der Waals surface area contributed by atoms with Gasteiger partial charge in [-0.15, -0.1) is 0 Å². The van der Waals surface area contributed by atoms with Gasteiger partial charge in [0.05, 0.1) is 14.2 Å². The lowest BCUT2D eigenvalue weighted by atomic mass is 9.98. The molecule has 0 bridgehead atoms. The smallest absolute Gasteiger partial charge is 0.125 e. The van der Waals surface area contributed by atoms with Crippen LogP contribution in [-0.2, 0) is 6.42 Å². The standard InChI is InChI=1S/C17H20O3/c1-4-12-6-5-7-13(10-12)17(18)15-11-14(19-2)8-9-16(15)20-3/h5-11,17-18H,4H2,1-3H3. The van der Waals surface area contributed by atoms with Gasteiger partial charge >= 0.3 is 0 Å². The van der Waals surface area contributed by atoms with Crippen LogP contribution in [0.4, 0.5) is 0 Å². The molecule has 0 aliphatic carbocycles. The van der Waals surface area contributed by atoms with Crippen LogP contribution in [0.25, 0.3) is 0 Å². The van der Waals surface area contributed by atoms with Crippen molar-refractivity contribution in [3.8, 4) is 11.5 Å². The van der Waals surface area contributed by atoms with Crippen molar-refractivity contribution in [1.29, 1.82) is 0 Å². The molecule has 0 aliphatic rings. The van der Waals surface area contributed by atoms with Crippen LogP contribution >= 0.6 is 0 Å². The highest BCUT2D eigenvalue weighted by molar-refractivity contribution is 5.45. The van der Waals surface area contributed by atoms with Crippen LogP contribution in [0.3, 0.4) is 0 Å². The summed E-state index contributed by atoms with van der Waals surface area (Å²) in [6, 6.07) is 13.4. The summed E-state index contributed by atoms with van der Waals surface area (Å²) >= 11 is 0. The average molecular weight is 272 g/mol. The molecule has 1 N–H and O–H groups in total. The van der Waals surface area contributed by atoms with Gasteiger partial charge in [-0.1, -0.05) is 31.2 Å². The number of hydrogen-bond acceptors (Lipinski definition) is 3. The third kappa shape index (κ3) is 2.94. The van der Waals surface area contributed by atoms with E-state index < -0.39 is 6.10 Å². The molecule has 3 heteroatoms. The topological polar surface area (TPSA) is 38.7 Å². The minimum atomic E-state index is -0.730. The van der Waals surface area contributed by atoms with Gasteiger partial charge < -0.3 is 14.6 Å². The van der Waals surface area contributed by atoms with E-state index in [-0.39, 0.29) is 0 Å². The van der Waals surface area contributed by atoms with E-state index in [9.17, 15) is 5.11 Å². The zero-order chi connectivity index (χ0) is 14.5. The summed E-state index contributed by atoms with van der Waals surface area (Å²) in [4.78, 5) is 0. The van der Waals surface area contributed by atoms with Crippen LogP contribution in [0.1, 0.15) is 29.7 Å². The Morgan fingerprint density at radius 3 is 2.50 bits per heavy atom. The van der Waals surface area contributed by atoms with E-state index in [2.05, 4.69) is 13.0 Å². The molecular weight excluding hydrogens is 252 g/mol. The van der Waals surface area contributed by atoms with E-state index >= 15 is 0 Å². The molecule has 0 aliphatic heterocycles. The van der Waals surface area contributed by atoms with Gasteiger partial charge in [0.15, 0.2) is 0 Å². The van der Waals surface area contributed by atoms with Crippen molar-refractivity contribution in [2.24, 2.45) is 0 Å². The lowest BCUT2D eigenvalue weighted by Gasteiger charge is -2.17. The second kappa shape index (κ2) is 6.44. The molecule has 0 radical (unpaired) electrons. The molecule has 2 aromatic carbocycles. The van der Waals surface area contributed by atoms with Gasteiger partial charge in [0.1, 0.15) is 17.6 Å². The number of benzene rings is 2. The fourth-order valence-corrected chi connectivity index (χ4v) is 2.22. The van der Waals surface area contributed by atoms with Crippen molar-refractivity contribution in [3.05, 3.63) is 59.2 Å². The number of rotatable bonds is 5. The molecule has 2 rings (SSSR count). The third-order valence-electron chi connectivity index (χ3n) is 3.41. The van der Waals surface area contributed by atoms with E-state index in [0.29, 0.717) is 17.1 Å². The van der Waals surface area contributed by atoms with Crippen LogP contribution < -0.4 is 9.47 Å². The van der Waals surface area contributed by atoms with Crippen LogP contribution in [0.5, 0.6) is 11.5 Å². The van der Waals surface area contributed by atoms with Crippen molar-refractivity contribution in [3.63, 3.8) is 0 Å². The monoisotopic (exact) mass is 272 g/mol. The number of aliphatic hydroxyl groups is 1. The van der Waals surface area contributed by atoms with Crippen LogP contribution in [0, 0.1) is 0 Å². The molecular formula is C17H20O3. The van der Waals surface area contributed by atoms with Gasteiger partial charge in [-0.3, -0.25) is 0 Å². The first-order chi connectivity index (χ1) is 9.69. The molecule has 0 saturated carbocycles. The largest absolute Gasteiger partial charge is 0.497 e. The van der Waals surface area contributed by atoms with Gasteiger partial charge in [0, 0.05) is 5.56 Å². The number of aryl methyl sites for hydroxylation is 1. The van der Waals surface area contributed by atoms with Crippen molar-refractivity contribution < 1.29 is 14.6 Å². The summed E-state index contributed by atoms with van der Waals surface area (Å²) in [5.41, 5.74) is 2.76. The van der Waals surface area contributed by atoms with Crippen molar-refractivity contribution in [2.75, 3.05) is 14.2 Å². The predicted octanol–water partition coefficient (Wildman–Crippen LogP) is 3.35. The minimum Gasteiger partial charge on any atom is -0.497 e. The second-order valence-electron chi connectivity index (χ2n) is 4.61. The fraction of sp³-hybridized carbons (Fsp3) is 0.294. The minimum absolute atomic E-state index is 0.653. The fourth-order valence-electron chi connectivity index (χ4n) is 2.22. The summed E-state index contributed by atoms with van der Waals surface area (Å²) in [7, 11) is 3.20. The van der Waals surface area contributed by atoms with Gasteiger partial charge in [-0.05, 0) is 35.7 Å². The molecule has 0 saturated heterocycles. The van der Waals surface area contributed by atoms with Gasteiger partial charge in [-0.2, -0.15) is 0 Å². The van der Waals surface area contributed by atoms with Crippen LogP contribution in [-0.4, -0.2) is 19.3 Å². The molecule has 20 heavy (non-hydrogen) atoms. The molecule has 3 nitrogen and oxygen atoms in total. The molecule has 1 unspecified atom stereocenters. The number of ether oxygens (including phenoxy) is 2. The van der Waals surface area contributed by atoms with Crippen molar-refractivity contribution >= 4 is 0 Å². The highest BCUT2D eigenvalue weighted by atomic mass is 16.5. The first kappa shape index (κ1) is 14.4. The highest BCUT2D eigenvalue weighted by Gasteiger charge is 2.16. The van der Waals surface area contributed by atoms with E-state index in [1.807, 2.05) is 30.3 Å². The molecule has 0 heterocycles. The Morgan fingerprint density at radius 2 is 1.85 bits per heavy atom. The van der Waals surface area contributed by atoms with Gasteiger partial charge in [-0.25, -0.2) is 0 Å². The molecule has 106 valence electrons. The predicted molar refractivity (Wildman–Crippen MR) is 79.4 cm³/mol. The summed E-state index contributed by atoms with van der Waals surface area (Å²) in [5.74, 6) is 1.35. The van der Waals surface area contributed by atoms with Crippen LogP contribution in [0.2, 0.25) is 0 Å². The molecule has 0 fully saturated rings. The zero-order valence-electron chi connectivity index (χ0n) is 12.1. The number of aliphatic hydroxyl groups excluding tert-OH is 1. The Labute approximate surface area is 119 Å². The number of hydrogen-bond donors (Lipinski definition) is 1. The van der Waals surface area contributed by atoms with Crippen LogP contribution in [0.15, 0.2) is 42.5 Å². The Balaban J connectivity index is 2.42. The maximum Gasteiger partial charge on any atom is 0.125 e.